The van der Waals surface area contributed by atoms with Gasteiger partial charge in [-0.25, -0.2) is 9.59 Å². The number of carboxylic acids is 1. The fraction of sp³-hybridized carbons (Fsp3) is 0.778. The quantitative estimate of drug-likeness (QED) is 0.525. The molecule has 0 aromatic carbocycles. The highest BCUT2D eigenvalue weighted by Crippen LogP contribution is 2.22. The van der Waals surface area contributed by atoms with Gasteiger partial charge in [0.05, 0.1) is 6.61 Å². The summed E-state index contributed by atoms with van der Waals surface area (Å²) in [6.45, 7) is -0.0569. The molecule has 0 radical (unpaired) electrons. The summed E-state index contributed by atoms with van der Waals surface area (Å²) in [6, 6.07) is -1.78. The SMILES string of the molecule is O=C(NCC1CCSC1)N[C@@H](CO)C(=O)O. The maximum absolute atomic E-state index is 11.3. The Bertz CT molecular complexity index is 256. The van der Waals surface area contributed by atoms with Crippen LogP contribution in [-0.2, 0) is 4.79 Å². The Kier molecular flexibility index (Phi) is 5.41. The molecule has 1 saturated heterocycles. The van der Waals surface area contributed by atoms with Crippen LogP contribution in [-0.4, -0.2) is 52.9 Å². The summed E-state index contributed by atoms with van der Waals surface area (Å²) in [6.07, 6.45) is 1.08. The molecular formula is C9H16N2O4S. The summed E-state index contributed by atoms with van der Waals surface area (Å²) in [5.41, 5.74) is 0. The van der Waals surface area contributed by atoms with E-state index in [1.54, 1.807) is 0 Å². The van der Waals surface area contributed by atoms with E-state index in [-0.39, 0.29) is 0 Å². The molecule has 1 aliphatic rings. The molecule has 2 atom stereocenters. The van der Waals surface area contributed by atoms with E-state index in [1.807, 2.05) is 11.8 Å². The molecule has 16 heavy (non-hydrogen) atoms. The number of carbonyl (C=O) groups excluding carboxylic acids is 1. The lowest BCUT2D eigenvalue weighted by molar-refractivity contribution is -0.140. The zero-order valence-corrected chi connectivity index (χ0v) is 9.63. The average molecular weight is 248 g/mol. The van der Waals surface area contributed by atoms with Gasteiger partial charge in [0, 0.05) is 6.54 Å². The van der Waals surface area contributed by atoms with Crippen LogP contribution < -0.4 is 10.6 Å². The number of carbonyl (C=O) groups is 2. The van der Waals surface area contributed by atoms with Crippen molar-refractivity contribution < 1.29 is 19.8 Å². The highest BCUT2D eigenvalue weighted by Gasteiger charge is 2.20. The lowest BCUT2D eigenvalue weighted by Crippen LogP contribution is -2.48. The maximum Gasteiger partial charge on any atom is 0.328 e. The molecule has 1 unspecified atom stereocenters. The van der Waals surface area contributed by atoms with Gasteiger partial charge < -0.3 is 20.8 Å². The zero-order chi connectivity index (χ0) is 12.0. The number of carboxylic acid groups (broad SMARTS) is 1. The van der Waals surface area contributed by atoms with Crippen molar-refractivity contribution in [1.82, 2.24) is 10.6 Å². The van der Waals surface area contributed by atoms with Crippen LogP contribution in [0.5, 0.6) is 0 Å². The van der Waals surface area contributed by atoms with Gasteiger partial charge in [-0.15, -0.1) is 0 Å². The molecule has 7 heteroatoms. The third kappa shape index (κ3) is 4.28. The molecule has 1 aliphatic heterocycles. The Labute approximate surface area is 97.8 Å². The lowest BCUT2D eigenvalue weighted by atomic mass is 10.1. The van der Waals surface area contributed by atoms with Gasteiger partial charge in [0.15, 0.2) is 6.04 Å². The monoisotopic (exact) mass is 248 g/mol. The molecule has 0 aliphatic carbocycles. The van der Waals surface area contributed by atoms with Gasteiger partial charge in [-0.05, 0) is 23.8 Å². The van der Waals surface area contributed by atoms with Crippen molar-refractivity contribution in [3.05, 3.63) is 0 Å². The Hall–Kier alpha value is -0.950. The van der Waals surface area contributed by atoms with E-state index in [4.69, 9.17) is 10.2 Å². The first-order valence-electron chi connectivity index (χ1n) is 5.09. The number of aliphatic hydroxyl groups is 1. The largest absolute Gasteiger partial charge is 0.480 e. The minimum absolute atomic E-state index is 0.466. The smallest absolute Gasteiger partial charge is 0.328 e. The second kappa shape index (κ2) is 6.59. The van der Waals surface area contributed by atoms with Crippen LogP contribution >= 0.6 is 11.8 Å². The number of hydrogen-bond donors (Lipinski definition) is 4. The third-order valence-corrected chi connectivity index (χ3v) is 3.59. The van der Waals surface area contributed by atoms with E-state index in [9.17, 15) is 9.59 Å². The Morgan fingerprint density at radius 3 is 2.75 bits per heavy atom. The zero-order valence-electron chi connectivity index (χ0n) is 8.81. The first-order chi connectivity index (χ1) is 7.63. The summed E-state index contributed by atoms with van der Waals surface area (Å²) >= 11 is 1.85. The first kappa shape index (κ1) is 13.1. The fourth-order valence-corrected chi connectivity index (χ4v) is 2.66. The molecule has 0 bridgehead atoms. The van der Waals surface area contributed by atoms with Crippen LogP contribution in [0.25, 0.3) is 0 Å². The van der Waals surface area contributed by atoms with E-state index in [0.717, 1.165) is 17.9 Å². The summed E-state index contributed by atoms with van der Waals surface area (Å²) < 4.78 is 0. The molecular weight excluding hydrogens is 232 g/mol. The number of urea groups is 1. The molecule has 4 N–H and O–H groups in total. The summed E-state index contributed by atoms with van der Waals surface area (Å²) in [5, 5.41) is 22.1. The molecule has 2 amide bonds. The second-order valence-electron chi connectivity index (χ2n) is 3.66. The predicted octanol–water partition coefficient (Wildman–Crippen LogP) is -0.516. The predicted molar refractivity (Wildman–Crippen MR) is 60.5 cm³/mol. The van der Waals surface area contributed by atoms with Crippen molar-refractivity contribution in [2.45, 2.75) is 12.5 Å². The van der Waals surface area contributed by atoms with Crippen LogP contribution in [0.4, 0.5) is 4.79 Å². The molecule has 1 fully saturated rings. The van der Waals surface area contributed by atoms with Gasteiger partial charge in [-0.2, -0.15) is 11.8 Å². The number of thioether (sulfide) groups is 1. The van der Waals surface area contributed by atoms with Crippen LogP contribution in [0.3, 0.4) is 0 Å². The van der Waals surface area contributed by atoms with Crippen molar-refractivity contribution in [3.63, 3.8) is 0 Å². The van der Waals surface area contributed by atoms with Gasteiger partial charge >= 0.3 is 12.0 Å². The van der Waals surface area contributed by atoms with Crippen LogP contribution in [0.15, 0.2) is 0 Å². The van der Waals surface area contributed by atoms with E-state index in [2.05, 4.69) is 10.6 Å². The number of hydrogen-bond acceptors (Lipinski definition) is 4. The van der Waals surface area contributed by atoms with Crippen molar-refractivity contribution in [2.24, 2.45) is 5.92 Å². The molecule has 1 rings (SSSR count). The van der Waals surface area contributed by atoms with Crippen LogP contribution in [0.1, 0.15) is 6.42 Å². The molecule has 6 nitrogen and oxygen atoms in total. The van der Waals surface area contributed by atoms with Gasteiger partial charge in [0.2, 0.25) is 0 Å². The minimum Gasteiger partial charge on any atom is -0.480 e. The molecule has 0 saturated carbocycles. The van der Waals surface area contributed by atoms with Crippen molar-refractivity contribution in [1.29, 1.82) is 0 Å². The summed E-state index contributed by atoms with van der Waals surface area (Å²) in [4.78, 5) is 21.8. The van der Waals surface area contributed by atoms with Gasteiger partial charge in [0.1, 0.15) is 0 Å². The third-order valence-electron chi connectivity index (χ3n) is 2.36. The summed E-state index contributed by atoms with van der Waals surface area (Å²) in [5.74, 6) is 1.37. The Morgan fingerprint density at radius 1 is 1.50 bits per heavy atom. The lowest BCUT2D eigenvalue weighted by Gasteiger charge is -2.14. The highest BCUT2D eigenvalue weighted by atomic mass is 32.2. The van der Waals surface area contributed by atoms with Crippen LogP contribution in [0, 0.1) is 5.92 Å². The summed E-state index contributed by atoms with van der Waals surface area (Å²) in [7, 11) is 0. The molecule has 0 aromatic rings. The normalized spacial score (nSPS) is 21.4. The molecule has 0 aromatic heterocycles. The van der Waals surface area contributed by atoms with Gasteiger partial charge in [-0.1, -0.05) is 0 Å². The number of nitrogens with one attached hydrogen (secondary N) is 2. The van der Waals surface area contributed by atoms with Gasteiger partial charge in [-0.3, -0.25) is 0 Å². The standard InChI is InChI=1S/C9H16N2O4S/c12-4-7(8(13)14)11-9(15)10-3-6-1-2-16-5-6/h6-7,12H,1-5H2,(H,13,14)(H2,10,11,15)/t6?,7-/m0/s1. The van der Waals surface area contributed by atoms with Gasteiger partial charge in [0.25, 0.3) is 0 Å². The Morgan fingerprint density at radius 2 is 2.25 bits per heavy atom. The first-order valence-corrected chi connectivity index (χ1v) is 6.24. The maximum atomic E-state index is 11.3. The highest BCUT2D eigenvalue weighted by molar-refractivity contribution is 7.99. The molecule has 92 valence electrons. The van der Waals surface area contributed by atoms with Crippen molar-refractivity contribution in [2.75, 3.05) is 24.7 Å². The number of aliphatic carboxylic acids is 1. The number of amides is 2. The molecule has 0 spiro atoms. The Balaban J connectivity index is 2.21. The minimum atomic E-state index is -1.24. The van der Waals surface area contributed by atoms with E-state index < -0.39 is 24.6 Å². The van der Waals surface area contributed by atoms with E-state index in [1.165, 1.54) is 0 Å². The number of rotatable bonds is 5. The second-order valence-corrected chi connectivity index (χ2v) is 4.81. The average Bonchev–Trinajstić information content (AvgIpc) is 2.75. The van der Waals surface area contributed by atoms with Crippen molar-refractivity contribution in [3.8, 4) is 0 Å². The van der Waals surface area contributed by atoms with Crippen LogP contribution in [0.2, 0.25) is 0 Å². The van der Waals surface area contributed by atoms with Crippen molar-refractivity contribution >= 4 is 23.8 Å². The number of aliphatic hydroxyl groups excluding tert-OH is 1. The van der Waals surface area contributed by atoms with E-state index in [0.29, 0.717) is 12.5 Å². The topological polar surface area (TPSA) is 98.7 Å². The van der Waals surface area contributed by atoms with E-state index >= 15 is 0 Å². The fourth-order valence-electron chi connectivity index (χ4n) is 1.38. The molecule has 1 heterocycles.